The molecule has 0 aromatic carbocycles. The molecule has 7 heavy (non-hydrogen) atoms. The predicted molar refractivity (Wildman–Crippen MR) is 26.4 cm³/mol. The Labute approximate surface area is 43.0 Å². The number of methoxy groups -OCH3 is 1. The quantitative estimate of drug-likeness (QED) is 0.362. The van der Waals surface area contributed by atoms with Crippen LogP contribution in [-0.4, -0.2) is 7.11 Å². The van der Waals surface area contributed by atoms with Crippen LogP contribution >= 0.6 is 0 Å². The number of rotatable bonds is 1. The SMILES string of the molecule is COC(C)=CC#N. The lowest BCUT2D eigenvalue weighted by atomic mass is 10.5. The topological polar surface area (TPSA) is 33.0 Å². The summed E-state index contributed by atoms with van der Waals surface area (Å²) < 4.78 is 4.63. The fourth-order valence-electron chi connectivity index (χ4n) is 0.150. The molecule has 0 radical (unpaired) electrons. The molecule has 0 heterocycles. The Morgan fingerprint density at radius 3 is 2.57 bits per heavy atom. The van der Waals surface area contributed by atoms with E-state index in [1.54, 1.807) is 6.92 Å². The van der Waals surface area contributed by atoms with Gasteiger partial charge in [-0.1, -0.05) is 0 Å². The van der Waals surface area contributed by atoms with Gasteiger partial charge in [0.2, 0.25) is 0 Å². The zero-order valence-corrected chi connectivity index (χ0v) is 4.43. The van der Waals surface area contributed by atoms with E-state index in [1.807, 2.05) is 6.07 Å². The van der Waals surface area contributed by atoms with Crippen LogP contribution in [0.25, 0.3) is 0 Å². The highest BCUT2D eigenvalue weighted by molar-refractivity contribution is 5.05. The second kappa shape index (κ2) is 3.23. The third kappa shape index (κ3) is 2.84. The van der Waals surface area contributed by atoms with E-state index in [-0.39, 0.29) is 0 Å². The average molecular weight is 97.1 g/mol. The molecule has 38 valence electrons. The molecule has 2 nitrogen and oxygen atoms in total. The molecule has 0 aromatic rings. The molecule has 0 rings (SSSR count). The summed E-state index contributed by atoms with van der Waals surface area (Å²) in [5, 5.41) is 7.96. The number of hydrogen-bond donors (Lipinski definition) is 0. The normalized spacial score (nSPS) is 10.1. The summed E-state index contributed by atoms with van der Waals surface area (Å²) in [4.78, 5) is 0. The molecule has 0 bridgehead atoms. The lowest BCUT2D eigenvalue weighted by Crippen LogP contribution is -1.74. The minimum Gasteiger partial charge on any atom is -0.501 e. The van der Waals surface area contributed by atoms with Gasteiger partial charge in [-0.05, 0) is 6.92 Å². The Kier molecular flexibility index (Phi) is 2.78. The predicted octanol–water partition coefficient (Wildman–Crippen LogP) is 1.06. The van der Waals surface area contributed by atoms with Crippen molar-refractivity contribution in [2.75, 3.05) is 7.11 Å². The van der Waals surface area contributed by atoms with Crippen molar-refractivity contribution < 1.29 is 4.74 Å². The first-order chi connectivity index (χ1) is 3.31. The van der Waals surface area contributed by atoms with Gasteiger partial charge < -0.3 is 4.74 Å². The summed E-state index contributed by atoms with van der Waals surface area (Å²) in [6, 6.07) is 1.83. The summed E-state index contributed by atoms with van der Waals surface area (Å²) in [6.07, 6.45) is 1.35. The van der Waals surface area contributed by atoms with Crippen LogP contribution in [0.2, 0.25) is 0 Å². The van der Waals surface area contributed by atoms with Crippen molar-refractivity contribution in [3.05, 3.63) is 11.8 Å². The first-order valence-electron chi connectivity index (χ1n) is 1.91. The largest absolute Gasteiger partial charge is 0.501 e. The first-order valence-corrected chi connectivity index (χ1v) is 1.91. The lowest BCUT2D eigenvalue weighted by molar-refractivity contribution is 0.294. The van der Waals surface area contributed by atoms with Crippen molar-refractivity contribution in [1.82, 2.24) is 0 Å². The van der Waals surface area contributed by atoms with Crippen molar-refractivity contribution >= 4 is 0 Å². The zero-order valence-electron chi connectivity index (χ0n) is 4.43. The number of hydrogen-bond acceptors (Lipinski definition) is 2. The molecule has 0 saturated heterocycles. The molecule has 0 atom stereocenters. The maximum absolute atomic E-state index is 7.96. The highest BCUT2D eigenvalue weighted by Gasteiger charge is 1.76. The first kappa shape index (κ1) is 6.03. The van der Waals surface area contributed by atoms with Gasteiger partial charge in [0, 0.05) is 0 Å². The summed E-state index contributed by atoms with van der Waals surface area (Å²) in [5.74, 6) is 0.641. The molecule has 0 aliphatic rings. The zero-order chi connectivity index (χ0) is 5.70. The van der Waals surface area contributed by atoms with E-state index in [2.05, 4.69) is 4.74 Å². The number of nitriles is 1. The standard InChI is InChI=1S/C5H7NO/c1-5(7-2)3-4-6/h3H,1-2H3. The molecule has 0 saturated carbocycles. The summed E-state index contributed by atoms with van der Waals surface area (Å²) in [5.41, 5.74) is 0. The van der Waals surface area contributed by atoms with E-state index in [0.717, 1.165) is 0 Å². The van der Waals surface area contributed by atoms with Crippen LogP contribution in [0.3, 0.4) is 0 Å². The molecule has 0 aliphatic carbocycles. The minimum absolute atomic E-state index is 0.641. The van der Waals surface area contributed by atoms with Gasteiger partial charge in [-0.15, -0.1) is 0 Å². The molecule has 0 N–H and O–H groups in total. The summed E-state index contributed by atoms with van der Waals surface area (Å²) >= 11 is 0. The Bertz CT molecular complexity index is 110. The maximum Gasteiger partial charge on any atom is 0.103 e. The molecule has 0 spiro atoms. The molecular formula is C5H7NO. The van der Waals surface area contributed by atoms with Crippen molar-refractivity contribution in [2.24, 2.45) is 0 Å². The van der Waals surface area contributed by atoms with Crippen molar-refractivity contribution in [1.29, 1.82) is 5.26 Å². The third-order valence-corrected chi connectivity index (χ3v) is 0.590. The molecule has 0 aromatic heterocycles. The summed E-state index contributed by atoms with van der Waals surface area (Å²) in [6.45, 7) is 1.73. The lowest BCUT2D eigenvalue weighted by Gasteiger charge is -1.90. The molecule has 0 aliphatic heterocycles. The van der Waals surface area contributed by atoms with Gasteiger partial charge in [0.1, 0.15) is 5.76 Å². The van der Waals surface area contributed by atoms with E-state index in [4.69, 9.17) is 5.26 Å². The smallest absolute Gasteiger partial charge is 0.103 e. The van der Waals surface area contributed by atoms with Crippen molar-refractivity contribution in [2.45, 2.75) is 6.92 Å². The van der Waals surface area contributed by atoms with Crippen LogP contribution in [0.1, 0.15) is 6.92 Å². The van der Waals surface area contributed by atoms with Gasteiger partial charge >= 0.3 is 0 Å². The van der Waals surface area contributed by atoms with Crippen LogP contribution in [0, 0.1) is 11.3 Å². The Morgan fingerprint density at radius 1 is 1.86 bits per heavy atom. The second-order valence-corrected chi connectivity index (χ2v) is 1.09. The minimum atomic E-state index is 0.641. The molecule has 0 unspecified atom stereocenters. The second-order valence-electron chi connectivity index (χ2n) is 1.09. The fourth-order valence-corrected chi connectivity index (χ4v) is 0.150. The highest BCUT2D eigenvalue weighted by Crippen LogP contribution is 1.87. The van der Waals surface area contributed by atoms with Gasteiger partial charge in [0.15, 0.2) is 0 Å². The molecular weight excluding hydrogens is 90.1 g/mol. The van der Waals surface area contributed by atoms with Crippen LogP contribution in [0.15, 0.2) is 11.8 Å². The Morgan fingerprint density at radius 2 is 2.43 bits per heavy atom. The maximum atomic E-state index is 7.96. The van der Waals surface area contributed by atoms with Gasteiger partial charge in [0.25, 0.3) is 0 Å². The monoisotopic (exact) mass is 97.1 g/mol. The number of nitrogens with zero attached hydrogens (tertiary/aromatic N) is 1. The van der Waals surface area contributed by atoms with E-state index in [0.29, 0.717) is 5.76 Å². The Balaban J connectivity index is 3.56. The molecule has 2 heteroatoms. The van der Waals surface area contributed by atoms with Gasteiger partial charge in [0.05, 0.1) is 19.3 Å². The van der Waals surface area contributed by atoms with E-state index in [1.165, 1.54) is 13.2 Å². The van der Waals surface area contributed by atoms with E-state index < -0.39 is 0 Å². The Hall–Kier alpha value is -0.970. The van der Waals surface area contributed by atoms with Crippen LogP contribution < -0.4 is 0 Å². The summed E-state index contributed by atoms with van der Waals surface area (Å²) in [7, 11) is 1.53. The highest BCUT2D eigenvalue weighted by atomic mass is 16.5. The third-order valence-electron chi connectivity index (χ3n) is 0.590. The number of allylic oxidation sites excluding steroid dienone is 2. The van der Waals surface area contributed by atoms with Crippen molar-refractivity contribution in [3.8, 4) is 6.07 Å². The van der Waals surface area contributed by atoms with Gasteiger partial charge in [-0.2, -0.15) is 5.26 Å². The van der Waals surface area contributed by atoms with Gasteiger partial charge in [-0.25, -0.2) is 0 Å². The van der Waals surface area contributed by atoms with E-state index >= 15 is 0 Å². The molecule has 0 amide bonds. The van der Waals surface area contributed by atoms with Crippen molar-refractivity contribution in [3.63, 3.8) is 0 Å². The van der Waals surface area contributed by atoms with Crippen LogP contribution in [0.4, 0.5) is 0 Å². The van der Waals surface area contributed by atoms with E-state index in [9.17, 15) is 0 Å². The average Bonchev–Trinajstić information content (AvgIpc) is 1.68. The fraction of sp³-hybridized carbons (Fsp3) is 0.400. The molecule has 0 fully saturated rings. The van der Waals surface area contributed by atoms with Crippen LogP contribution in [-0.2, 0) is 4.74 Å². The van der Waals surface area contributed by atoms with Crippen LogP contribution in [0.5, 0.6) is 0 Å². The number of ether oxygens (including phenoxy) is 1. The van der Waals surface area contributed by atoms with Gasteiger partial charge in [-0.3, -0.25) is 0 Å².